The Hall–Kier alpha value is -1.51. The van der Waals surface area contributed by atoms with Crippen molar-refractivity contribution in [3.8, 4) is 0 Å². The molecule has 6 N–H and O–H groups in total. The third-order valence-electron chi connectivity index (χ3n) is 1.21. The number of aldehydes is 1. The highest BCUT2D eigenvalue weighted by atomic mass is 16.4. The molecule has 1 unspecified atom stereocenters. The number of aliphatic hydroxyl groups is 1. The number of rotatable bonds is 6. The molecule has 0 aromatic rings. The zero-order valence-corrected chi connectivity index (χ0v) is 8.97. The molecule has 94 valence electrons. The minimum absolute atomic E-state index is 0.104. The molecular formula is C8H17N3O5. The quantitative estimate of drug-likeness (QED) is 0.307. The van der Waals surface area contributed by atoms with Crippen LogP contribution < -0.4 is 16.4 Å². The summed E-state index contributed by atoms with van der Waals surface area (Å²) in [5.74, 6) is -1.70. The Morgan fingerprint density at radius 2 is 2.00 bits per heavy atom. The fraction of sp³-hybridized carbons (Fsp3) is 0.625. The van der Waals surface area contributed by atoms with E-state index < -0.39 is 12.1 Å². The third kappa shape index (κ3) is 12.5. The lowest BCUT2D eigenvalue weighted by atomic mass is 10.3. The Morgan fingerprint density at radius 1 is 1.50 bits per heavy atom. The van der Waals surface area contributed by atoms with Crippen molar-refractivity contribution in [2.45, 2.75) is 6.10 Å². The summed E-state index contributed by atoms with van der Waals surface area (Å²) in [6.45, 7) is -0.0256. The van der Waals surface area contributed by atoms with E-state index in [4.69, 9.17) is 15.0 Å². The van der Waals surface area contributed by atoms with Crippen LogP contribution in [0.5, 0.6) is 0 Å². The Bertz CT molecular complexity index is 222. The molecule has 0 aliphatic heterocycles. The number of hydrogen-bond acceptors (Lipinski definition) is 6. The molecule has 8 nitrogen and oxygen atoms in total. The van der Waals surface area contributed by atoms with E-state index >= 15 is 0 Å². The molecule has 0 radical (unpaired) electrons. The second kappa shape index (κ2) is 11.6. The van der Waals surface area contributed by atoms with Crippen molar-refractivity contribution < 1.29 is 24.6 Å². The standard InChI is InChI=1S/C6H12N2O4.C2H5NO/c1-7-3-5(10)8-2-4(9)6(11)12;3-1-2-4/h4,7,9H,2-3H2,1H3,(H,8,10)(H,11,12);2H,1,3H2. The van der Waals surface area contributed by atoms with Crippen LogP contribution in [0.25, 0.3) is 0 Å². The molecule has 8 heteroatoms. The second-order valence-corrected chi connectivity index (χ2v) is 2.59. The molecule has 1 atom stereocenters. The number of amides is 1. The van der Waals surface area contributed by atoms with E-state index in [1.165, 1.54) is 0 Å². The molecule has 0 aliphatic carbocycles. The minimum Gasteiger partial charge on any atom is -0.479 e. The van der Waals surface area contributed by atoms with Gasteiger partial charge in [0.1, 0.15) is 6.29 Å². The molecule has 1 amide bonds. The van der Waals surface area contributed by atoms with Crippen LogP contribution in [0.15, 0.2) is 0 Å². The van der Waals surface area contributed by atoms with Gasteiger partial charge in [-0.05, 0) is 7.05 Å². The average Bonchev–Trinajstić information content (AvgIpc) is 2.26. The SMILES string of the molecule is CNCC(=O)NCC(O)C(=O)O.NCC=O. The predicted octanol–water partition coefficient (Wildman–Crippen LogP) is -3.09. The maximum atomic E-state index is 10.7. The van der Waals surface area contributed by atoms with Crippen molar-refractivity contribution in [1.29, 1.82) is 0 Å². The van der Waals surface area contributed by atoms with E-state index in [9.17, 15) is 9.59 Å². The minimum atomic E-state index is -1.54. The van der Waals surface area contributed by atoms with Crippen LogP contribution in [0.1, 0.15) is 0 Å². The first kappa shape index (κ1) is 16.9. The van der Waals surface area contributed by atoms with Crippen molar-refractivity contribution in [2.75, 3.05) is 26.7 Å². The predicted molar refractivity (Wildman–Crippen MR) is 55.7 cm³/mol. The molecule has 0 saturated carbocycles. The van der Waals surface area contributed by atoms with Crippen LogP contribution in [-0.2, 0) is 14.4 Å². The Kier molecular flexibility index (Phi) is 12.2. The zero-order valence-electron chi connectivity index (χ0n) is 8.97. The highest BCUT2D eigenvalue weighted by molar-refractivity contribution is 5.79. The smallest absolute Gasteiger partial charge is 0.334 e. The van der Waals surface area contributed by atoms with E-state index in [-0.39, 0.29) is 25.5 Å². The molecule has 0 heterocycles. The van der Waals surface area contributed by atoms with Crippen LogP contribution in [0, 0.1) is 0 Å². The van der Waals surface area contributed by atoms with E-state index in [1.807, 2.05) is 0 Å². The first-order valence-electron chi connectivity index (χ1n) is 4.45. The van der Waals surface area contributed by atoms with Crippen molar-refractivity contribution in [1.82, 2.24) is 10.6 Å². The monoisotopic (exact) mass is 235 g/mol. The molecule has 0 spiro atoms. The van der Waals surface area contributed by atoms with E-state index in [0.717, 1.165) is 0 Å². The molecule has 0 aromatic carbocycles. The number of carbonyl (C=O) groups is 3. The zero-order chi connectivity index (χ0) is 13.0. The molecule has 0 rings (SSSR count). The molecule has 16 heavy (non-hydrogen) atoms. The van der Waals surface area contributed by atoms with Gasteiger partial charge in [0.2, 0.25) is 5.91 Å². The number of nitrogens with one attached hydrogen (secondary N) is 2. The van der Waals surface area contributed by atoms with Gasteiger partial charge in [-0.1, -0.05) is 0 Å². The number of hydrogen-bond donors (Lipinski definition) is 5. The lowest BCUT2D eigenvalue weighted by Gasteiger charge is -2.06. The summed E-state index contributed by atoms with van der Waals surface area (Å²) in [5, 5.41) is 21.7. The Labute approximate surface area is 92.8 Å². The van der Waals surface area contributed by atoms with Gasteiger partial charge in [0.25, 0.3) is 0 Å². The fourth-order valence-corrected chi connectivity index (χ4v) is 0.521. The lowest BCUT2D eigenvalue weighted by Crippen LogP contribution is -2.39. The highest BCUT2D eigenvalue weighted by Gasteiger charge is 2.13. The average molecular weight is 235 g/mol. The van der Waals surface area contributed by atoms with Gasteiger partial charge in [0.15, 0.2) is 6.10 Å². The first-order valence-corrected chi connectivity index (χ1v) is 4.45. The number of carboxylic acids is 1. The van der Waals surface area contributed by atoms with Crippen molar-refractivity contribution in [3.05, 3.63) is 0 Å². The number of carbonyl (C=O) groups excluding carboxylic acids is 2. The molecular weight excluding hydrogens is 218 g/mol. The van der Waals surface area contributed by atoms with Crippen molar-refractivity contribution in [3.63, 3.8) is 0 Å². The maximum absolute atomic E-state index is 10.7. The first-order chi connectivity index (χ1) is 7.49. The van der Waals surface area contributed by atoms with Crippen LogP contribution in [0.3, 0.4) is 0 Å². The Balaban J connectivity index is 0. The van der Waals surface area contributed by atoms with Crippen LogP contribution >= 0.6 is 0 Å². The van der Waals surface area contributed by atoms with E-state index in [0.29, 0.717) is 6.29 Å². The molecule has 0 aliphatic rings. The topological polar surface area (TPSA) is 142 Å². The van der Waals surface area contributed by atoms with Crippen molar-refractivity contribution >= 4 is 18.2 Å². The number of aliphatic carboxylic acids is 1. The fourth-order valence-electron chi connectivity index (χ4n) is 0.521. The summed E-state index contributed by atoms with van der Waals surface area (Å²) in [6, 6.07) is 0. The summed E-state index contributed by atoms with van der Waals surface area (Å²) in [6.07, 6.45) is -0.884. The third-order valence-corrected chi connectivity index (χ3v) is 1.21. The molecule has 0 fully saturated rings. The number of likely N-dealkylation sites (N-methyl/N-ethyl adjacent to an activating group) is 1. The number of aliphatic hydroxyl groups excluding tert-OH is 1. The van der Waals surface area contributed by atoms with Crippen LogP contribution in [0.4, 0.5) is 0 Å². The summed E-state index contributed by atoms with van der Waals surface area (Å²) in [5.41, 5.74) is 4.66. The van der Waals surface area contributed by atoms with Gasteiger partial charge in [0.05, 0.1) is 13.1 Å². The maximum Gasteiger partial charge on any atom is 0.334 e. The van der Waals surface area contributed by atoms with E-state index in [2.05, 4.69) is 16.4 Å². The highest BCUT2D eigenvalue weighted by Crippen LogP contribution is 1.78. The van der Waals surface area contributed by atoms with Crippen LogP contribution in [0.2, 0.25) is 0 Å². The summed E-state index contributed by atoms with van der Waals surface area (Å²) in [7, 11) is 1.59. The summed E-state index contributed by atoms with van der Waals surface area (Å²) in [4.78, 5) is 29.8. The molecule has 0 bridgehead atoms. The Morgan fingerprint density at radius 3 is 2.31 bits per heavy atom. The number of carboxylic acid groups (broad SMARTS) is 1. The molecule has 0 saturated heterocycles. The lowest BCUT2D eigenvalue weighted by molar-refractivity contribution is -0.146. The van der Waals surface area contributed by atoms with Gasteiger partial charge in [-0.3, -0.25) is 4.79 Å². The van der Waals surface area contributed by atoms with Gasteiger partial charge in [0, 0.05) is 6.54 Å². The van der Waals surface area contributed by atoms with Gasteiger partial charge in [-0.25, -0.2) is 4.79 Å². The van der Waals surface area contributed by atoms with E-state index in [1.54, 1.807) is 7.05 Å². The van der Waals surface area contributed by atoms with Gasteiger partial charge in [-0.2, -0.15) is 0 Å². The largest absolute Gasteiger partial charge is 0.479 e. The second-order valence-electron chi connectivity index (χ2n) is 2.59. The van der Waals surface area contributed by atoms with Gasteiger partial charge < -0.3 is 31.4 Å². The summed E-state index contributed by atoms with van der Waals surface area (Å²) >= 11 is 0. The summed E-state index contributed by atoms with van der Waals surface area (Å²) < 4.78 is 0. The van der Waals surface area contributed by atoms with Crippen LogP contribution in [-0.4, -0.2) is 61.2 Å². The molecule has 0 aromatic heterocycles. The van der Waals surface area contributed by atoms with Gasteiger partial charge in [-0.15, -0.1) is 0 Å². The van der Waals surface area contributed by atoms with Crippen molar-refractivity contribution in [2.24, 2.45) is 5.73 Å². The number of nitrogens with two attached hydrogens (primary N) is 1. The normalized spacial score (nSPS) is 10.7. The van der Waals surface area contributed by atoms with Gasteiger partial charge >= 0.3 is 5.97 Å².